The number of amides is 1. The van der Waals surface area contributed by atoms with Crippen molar-refractivity contribution in [3.05, 3.63) is 45.6 Å². The van der Waals surface area contributed by atoms with Crippen molar-refractivity contribution in [2.75, 3.05) is 13.2 Å². The minimum Gasteiger partial charge on any atom is -0.488 e. The maximum absolute atomic E-state index is 15.1. The van der Waals surface area contributed by atoms with E-state index in [4.69, 9.17) is 25.8 Å². The molecular weight excluding hydrogens is 658 g/mol. The summed E-state index contributed by atoms with van der Waals surface area (Å²) in [4.78, 5) is 14.2. The van der Waals surface area contributed by atoms with Crippen molar-refractivity contribution in [3.8, 4) is 32.6 Å². The summed E-state index contributed by atoms with van der Waals surface area (Å²) in [5, 5.41) is 8.65. The summed E-state index contributed by atoms with van der Waals surface area (Å²) in [7, 11) is 0. The molecule has 1 saturated heterocycles. The Balaban J connectivity index is 1.51. The highest BCUT2D eigenvalue weighted by molar-refractivity contribution is 9.10. The van der Waals surface area contributed by atoms with Crippen molar-refractivity contribution in [2.24, 2.45) is 0 Å². The second kappa shape index (κ2) is 11.5. The summed E-state index contributed by atoms with van der Waals surface area (Å²) >= 11 is 10.6. The molecule has 1 aliphatic rings. The SMILES string of the molecule is CC(C)(C)OC(=O)N1C(COc2cc(Cl)c(-c3nnc(-c4cc(Br)cc(OC(F)(F)F)c4)s3)cc2F)COC1(C)C. The number of halogens is 6. The zero-order valence-electron chi connectivity index (χ0n) is 22.4. The molecule has 0 saturated carbocycles. The first-order chi connectivity index (χ1) is 18.9. The second-order valence-electron chi connectivity index (χ2n) is 10.5. The molecule has 2 aromatic carbocycles. The van der Waals surface area contributed by atoms with E-state index < -0.39 is 41.4 Å². The van der Waals surface area contributed by atoms with Gasteiger partial charge in [0.1, 0.15) is 33.7 Å². The molecule has 1 atom stereocenters. The summed E-state index contributed by atoms with van der Waals surface area (Å²) < 4.78 is 74.5. The highest BCUT2D eigenvalue weighted by Crippen LogP contribution is 2.39. The molecular formula is C26H25BrClF4N3O5S. The number of hydrogen-bond donors (Lipinski definition) is 0. The van der Waals surface area contributed by atoms with Crippen LogP contribution >= 0.6 is 38.9 Å². The van der Waals surface area contributed by atoms with E-state index in [9.17, 15) is 18.0 Å². The Kier molecular flexibility index (Phi) is 8.80. The maximum atomic E-state index is 15.1. The van der Waals surface area contributed by atoms with Crippen LogP contribution in [0.3, 0.4) is 0 Å². The van der Waals surface area contributed by atoms with Crippen LogP contribution in [0.4, 0.5) is 22.4 Å². The summed E-state index contributed by atoms with van der Waals surface area (Å²) in [5.74, 6) is -1.34. The van der Waals surface area contributed by atoms with Gasteiger partial charge in [0, 0.05) is 21.7 Å². The highest BCUT2D eigenvalue weighted by atomic mass is 79.9. The predicted octanol–water partition coefficient (Wildman–Crippen LogP) is 8.08. The molecule has 0 bridgehead atoms. The van der Waals surface area contributed by atoms with E-state index in [1.165, 1.54) is 11.0 Å². The summed E-state index contributed by atoms with van der Waals surface area (Å²) in [6.07, 6.45) is -5.45. The molecule has 3 aromatic rings. The van der Waals surface area contributed by atoms with Gasteiger partial charge >= 0.3 is 12.5 Å². The van der Waals surface area contributed by atoms with E-state index in [-0.39, 0.29) is 39.6 Å². The third kappa shape index (κ3) is 7.79. The zero-order valence-corrected chi connectivity index (χ0v) is 25.6. The number of carbonyl (C=O) groups excluding carboxylic acids is 1. The summed E-state index contributed by atoms with van der Waals surface area (Å²) in [5.41, 5.74) is -1.17. The molecule has 0 aliphatic carbocycles. The average molecular weight is 683 g/mol. The molecule has 0 N–H and O–H groups in total. The number of aromatic nitrogens is 2. The van der Waals surface area contributed by atoms with Crippen LogP contribution in [-0.4, -0.2) is 58.1 Å². The van der Waals surface area contributed by atoms with E-state index in [1.807, 2.05) is 0 Å². The molecule has 0 radical (unpaired) electrons. The van der Waals surface area contributed by atoms with Gasteiger partial charge in [-0.25, -0.2) is 9.18 Å². The number of rotatable bonds is 6. The predicted molar refractivity (Wildman–Crippen MR) is 148 cm³/mol. The van der Waals surface area contributed by atoms with E-state index in [0.29, 0.717) is 10.0 Å². The molecule has 1 aliphatic heterocycles. The van der Waals surface area contributed by atoms with Crippen LogP contribution in [0.25, 0.3) is 21.1 Å². The van der Waals surface area contributed by atoms with E-state index in [2.05, 4.69) is 30.9 Å². The number of nitrogens with zero attached hydrogens (tertiary/aromatic N) is 3. The lowest BCUT2D eigenvalue weighted by Crippen LogP contribution is -2.51. The van der Waals surface area contributed by atoms with Crippen molar-refractivity contribution in [1.29, 1.82) is 0 Å². The van der Waals surface area contributed by atoms with Gasteiger partial charge in [-0.15, -0.1) is 23.4 Å². The van der Waals surface area contributed by atoms with Gasteiger partial charge < -0.3 is 18.9 Å². The number of benzene rings is 2. The lowest BCUT2D eigenvalue weighted by atomic mass is 10.2. The Hall–Kier alpha value is -2.68. The van der Waals surface area contributed by atoms with Crippen LogP contribution in [-0.2, 0) is 9.47 Å². The molecule has 8 nitrogen and oxygen atoms in total. The third-order valence-corrected chi connectivity index (χ3v) is 7.40. The molecule has 15 heteroatoms. The van der Waals surface area contributed by atoms with Gasteiger partial charge in [0.05, 0.1) is 17.7 Å². The Morgan fingerprint density at radius 1 is 1.17 bits per heavy atom. The molecule has 1 aromatic heterocycles. The van der Waals surface area contributed by atoms with E-state index in [1.54, 1.807) is 40.7 Å². The number of hydrogen-bond acceptors (Lipinski definition) is 8. The van der Waals surface area contributed by atoms with Crippen LogP contribution in [0, 0.1) is 5.82 Å². The van der Waals surface area contributed by atoms with Gasteiger partial charge in [-0.3, -0.25) is 4.90 Å². The topological polar surface area (TPSA) is 83.0 Å². The quantitative estimate of drug-likeness (QED) is 0.243. The van der Waals surface area contributed by atoms with Crippen LogP contribution in [0.2, 0.25) is 5.02 Å². The maximum Gasteiger partial charge on any atom is 0.573 e. The summed E-state index contributed by atoms with van der Waals surface area (Å²) in [6.45, 7) is 8.74. The van der Waals surface area contributed by atoms with Gasteiger partial charge in [-0.05, 0) is 58.9 Å². The molecule has 2 heterocycles. The first kappa shape index (κ1) is 31.3. The molecule has 1 unspecified atom stereocenters. The van der Waals surface area contributed by atoms with Crippen molar-refractivity contribution >= 4 is 45.0 Å². The molecule has 1 fully saturated rings. The van der Waals surface area contributed by atoms with Crippen molar-refractivity contribution in [1.82, 2.24) is 15.1 Å². The standard InChI is InChI=1S/C26H25BrClF4N3O5S/c1-24(2,3)40-23(36)35-15(12-38-25(35,4)5)11-37-20-10-18(28)17(9-19(20)29)22-34-33-21(41-22)13-6-14(27)8-16(7-13)39-26(30,31)32/h6-10,15H,11-12H2,1-5H3. The van der Waals surface area contributed by atoms with Crippen LogP contribution in [0.5, 0.6) is 11.5 Å². The molecule has 1 amide bonds. The molecule has 4 rings (SSSR count). The van der Waals surface area contributed by atoms with Crippen molar-refractivity contribution in [2.45, 2.75) is 58.3 Å². The second-order valence-corrected chi connectivity index (χ2v) is 12.8. The normalized spacial score (nSPS) is 17.0. The first-order valence-electron chi connectivity index (χ1n) is 12.1. The lowest BCUT2D eigenvalue weighted by Gasteiger charge is -2.35. The Morgan fingerprint density at radius 3 is 2.51 bits per heavy atom. The van der Waals surface area contributed by atoms with Crippen molar-refractivity contribution in [3.63, 3.8) is 0 Å². The van der Waals surface area contributed by atoms with Gasteiger partial charge in [-0.2, -0.15) is 0 Å². The number of alkyl halides is 3. The average Bonchev–Trinajstić information content (AvgIpc) is 3.41. The van der Waals surface area contributed by atoms with Gasteiger partial charge in [0.15, 0.2) is 11.6 Å². The number of carbonyl (C=O) groups is 1. The van der Waals surface area contributed by atoms with Gasteiger partial charge in [0.25, 0.3) is 0 Å². The molecule has 222 valence electrons. The molecule has 0 spiro atoms. The minimum atomic E-state index is -4.87. The minimum absolute atomic E-state index is 0.0938. The van der Waals surface area contributed by atoms with E-state index in [0.717, 1.165) is 29.5 Å². The zero-order chi connectivity index (χ0) is 30.3. The van der Waals surface area contributed by atoms with Gasteiger partial charge in [0.2, 0.25) is 0 Å². The van der Waals surface area contributed by atoms with Crippen molar-refractivity contribution < 1.29 is 41.3 Å². The third-order valence-electron chi connectivity index (χ3n) is 5.62. The largest absolute Gasteiger partial charge is 0.573 e. The Morgan fingerprint density at radius 2 is 1.85 bits per heavy atom. The highest BCUT2D eigenvalue weighted by Gasteiger charge is 2.46. The fraction of sp³-hybridized carbons (Fsp3) is 0.423. The fourth-order valence-electron chi connectivity index (χ4n) is 4.00. The molecule has 41 heavy (non-hydrogen) atoms. The first-order valence-corrected chi connectivity index (χ1v) is 14.1. The van der Waals surface area contributed by atoms with E-state index >= 15 is 4.39 Å². The number of ether oxygens (including phenoxy) is 4. The Labute approximate surface area is 250 Å². The van der Waals surface area contributed by atoms with Crippen LogP contribution < -0.4 is 9.47 Å². The fourth-order valence-corrected chi connectivity index (χ4v) is 5.64. The smallest absolute Gasteiger partial charge is 0.488 e. The van der Waals surface area contributed by atoms with Crippen LogP contribution in [0.15, 0.2) is 34.8 Å². The van der Waals surface area contributed by atoms with Crippen LogP contribution in [0.1, 0.15) is 34.6 Å². The lowest BCUT2D eigenvalue weighted by molar-refractivity contribution is -0.274. The monoisotopic (exact) mass is 681 g/mol. The summed E-state index contributed by atoms with van der Waals surface area (Å²) in [6, 6.07) is 5.72. The Bertz CT molecular complexity index is 1450. The van der Waals surface area contributed by atoms with Gasteiger partial charge in [-0.1, -0.05) is 38.9 Å².